The van der Waals surface area contributed by atoms with Crippen LogP contribution < -0.4 is 4.90 Å². The van der Waals surface area contributed by atoms with E-state index < -0.39 is 0 Å². The molecule has 3 nitrogen and oxygen atoms in total. The van der Waals surface area contributed by atoms with Gasteiger partial charge in [0, 0.05) is 41.1 Å². The largest absolute Gasteiger partial charge is 0.370 e. The Morgan fingerprint density at radius 1 is 1.15 bits per heavy atom. The Kier molecular flexibility index (Phi) is 7.55. The van der Waals surface area contributed by atoms with Gasteiger partial charge in [-0.25, -0.2) is 4.99 Å². The number of nitrogens with zero attached hydrogens (tertiary/aromatic N) is 2. The van der Waals surface area contributed by atoms with Gasteiger partial charge < -0.3 is 4.90 Å². The Balaban J connectivity index is 2.41. The Morgan fingerprint density at radius 2 is 1.85 bits per heavy atom. The van der Waals surface area contributed by atoms with Gasteiger partial charge in [0.1, 0.15) is 5.84 Å². The number of benzene rings is 2. The van der Waals surface area contributed by atoms with Crippen LogP contribution >= 0.6 is 15.9 Å². The Hall–Kier alpha value is -2.20. The second-order valence-electron chi connectivity index (χ2n) is 6.67. The molecule has 0 bridgehead atoms. The smallest absolute Gasteiger partial charge is 0.148 e. The number of anilines is 1. The molecule has 0 aromatic heterocycles. The van der Waals surface area contributed by atoms with Crippen molar-refractivity contribution in [2.45, 2.75) is 40.7 Å². The van der Waals surface area contributed by atoms with E-state index in [0.29, 0.717) is 5.84 Å². The van der Waals surface area contributed by atoms with E-state index in [9.17, 15) is 0 Å². The number of hydrogen-bond acceptors (Lipinski definition) is 2. The molecule has 1 N–H and O–H groups in total. The van der Waals surface area contributed by atoms with Gasteiger partial charge in [-0.3, -0.25) is 5.41 Å². The molecule has 0 fully saturated rings. The zero-order valence-electron chi connectivity index (χ0n) is 16.8. The van der Waals surface area contributed by atoms with Gasteiger partial charge in [-0.15, -0.1) is 0 Å². The summed E-state index contributed by atoms with van der Waals surface area (Å²) in [7, 11) is 2.11. The molecule has 0 saturated heterocycles. The molecule has 0 heterocycles. The van der Waals surface area contributed by atoms with E-state index in [1.165, 1.54) is 16.7 Å². The fourth-order valence-corrected chi connectivity index (χ4v) is 3.85. The van der Waals surface area contributed by atoms with Gasteiger partial charge in [0.05, 0.1) is 0 Å². The number of aryl methyl sites for hydroxylation is 2. The highest BCUT2D eigenvalue weighted by Gasteiger charge is 2.15. The molecule has 0 spiro atoms. The van der Waals surface area contributed by atoms with Crippen LogP contribution in [0.2, 0.25) is 0 Å². The minimum Gasteiger partial charge on any atom is -0.370 e. The zero-order chi connectivity index (χ0) is 20.0. The quantitative estimate of drug-likeness (QED) is 0.414. The van der Waals surface area contributed by atoms with Gasteiger partial charge >= 0.3 is 0 Å². The van der Waals surface area contributed by atoms with Crippen molar-refractivity contribution >= 4 is 38.1 Å². The minimum atomic E-state index is 0.304. The molecule has 27 heavy (non-hydrogen) atoms. The molecule has 0 atom stereocenters. The van der Waals surface area contributed by atoms with Crippen LogP contribution in [-0.4, -0.2) is 19.1 Å². The third-order valence-electron chi connectivity index (χ3n) is 4.71. The highest BCUT2D eigenvalue weighted by Crippen LogP contribution is 2.35. The fourth-order valence-electron chi connectivity index (χ4n) is 3.05. The van der Waals surface area contributed by atoms with Crippen molar-refractivity contribution in [3.63, 3.8) is 0 Å². The van der Waals surface area contributed by atoms with E-state index in [2.05, 4.69) is 90.0 Å². The third-order valence-corrected chi connectivity index (χ3v) is 5.61. The summed E-state index contributed by atoms with van der Waals surface area (Å²) in [6.07, 6.45) is 2.40. The Bertz CT molecular complexity index is 881. The molecule has 0 aliphatic rings. The lowest BCUT2D eigenvalue weighted by Gasteiger charge is -2.24. The lowest BCUT2D eigenvalue weighted by atomic mass is 10.0. The van der Waals surface area contributed by atoms with Crippen LogP contribution in [0, 0.1) is 19.3 Å². The zero-order valence-corrected chi connectivity index (χ0v) is 18.4. The average molecular weight is 426 g/mol. The molecular formula is C23H28BrN3. The Morgan fingerprint density at radius 3 is 2.48 bits per heavy atom. The van der Waals surface area contributed by atoms with Gasteiger partial charge in [0.15, 0.2) is 0 Å². The van der Waals surface area contributed by atoms with Crippen LogP contribution in [0.5, 0.6) is 0 Å². The van der Waals surface area contributed by atoms with Crippen LogP contribution in [0.25, 0.3) is 4.48 Å². The molecule has 2 aromatic carbocycles. The summed E-state index contributed by atoms with van der Waals surface area (Å²) in [6, 6.07) is 14.9. The molecular weight excluding hydrogens is 398 g/mol. The second-order valence-corrected chi connectivity index (χ2v) is 7.47. The molecule has 0 aliphatic carbocycles. The first-order valence-electron chi connectivity index (χ1n) is 9.21. The lowest BCUT2D eigenvalue weighted by molar-refractivity contribution is 0.918. The highest BCUT2D eigenvalue weighted by molar-refractivity contribution is 9.15. The van der Waals surface area contributed by atoms with E-state index in [4.69, 9.17) is 5.41 Å². The number of aliphatic imine (C=N–C) groups is 1. The number of halogens is 1. The SMILES string of the molecule is CC=NC(=N)/C(CC)=C(\Br)c1ccccc1N(C)Cc1ccc(C)c(C)c1. The minimum absolute atomic E-state index is 0.304. The normalized spacial score (nSPS) is 12.2. The third kappa shape index (κ3) is 5.16. The first-order chi connectivity index (χ1) is 12.9. The van der Waals surface area contributed by atoms with Crippen LogP contribution in [0.4, 0.5) is 5.69 Å². The summed E-state index contributed by atoms with van der Waals surface area (Å²) in [6.45, 7) is 9.00. The van der Waals surface area contributed by atoms with Crippen molar-refractivity contribution in [2.24, 2.45) is 4.99 Å². The maximum Gasteiger partial charge on any atom is 0.148 e. The maximum atomic E-state index is 8.23. The molecule has 0 unspecified atom stereocenters. The number of rotatable bonds is 6. The summed E-state index contributed by atoms with van der Waals surface area (Å²) >= 11 is 3.75. The summed E-state index contributed by atoms with van der Waals surface area (Å²) in [4.78, 5) is 6.41. The molecule has 0 radical (unpaired) electrons. The predicted octanol–water partition coefficient (Wildman–Crippen LogP) is 6.52. The molecule has 0 saturated carbocycles. The summed E-state index contributed by atoms with van der Waals surface area (Å²) in [5, 5.41) is 8.23. The first-order valence-corrected chi connectivity index (χ1v) is 10.0. The predicted molar refractivity (Wildman–Crippen MR) is 122 cm³/mol. The second kappa shape index (κ2) is 9.65. The molecule has 2 rings (SSSR count). The van der Waals surface area contributed by atoms with Crippen LogP contribution in [-0.2, 0) is 6.54 Å². The van der Waals surface area contributed by atoms with Crippen molar-refractivity contribution in [3.05, 3.63) is 70.3 Å². The van der Waals surface area contributed by atoms with Crippen molar-refractivity contribution in [2.75, 3.05) is 11.9 Å². The average Bonchev–Trinajstić information content (AvgIpc) is 2.65. The Labute approximate surface area is 171 Å². The molecule has 0 amide bonds. The van der Waals surface area contributed by atoms with Crippen LogP contribution in [0.15, 0.2) is 53.0 Å². The van der Waals surface area contributed by atoms with Gasteiger partial charge in [-0.05, 0) is 65.9 Å². The molecule has 4 heteroatoms. The van der Waals surface area contributed by atoms with Crippen LogP contribution in [0.1, 0.15) is 42.5 Å². The highest BCUT2D eigenvalue weighted by atomic mass is 79.9. The van der Waals surface area contributed by atoms with E-state index in [1.54, 1.807) is 6.21 Å². The topological polar surface area (TPSA) is 39.5 Å². The van der Waals surface area contributed by atoms with E-state index in [1.807, 2.05) is 13.0 Å². The lowest BCUT2D eigenvalue weighted by Crippen LogP contribution is -2.18. The van der Waals surface area contributed by atoms with E-state index in [-0.39, 0.29) is 0 Å². The molecule has 2 aromatic rings. The van der Waals surface area contributed by atoms with Gasteiger partial charge in [0.25, 0.3) is 0 Å². The van der Waals surface area contributed by atoms with Crippen molar-refractivity contribution in [1.82, 2.24) is 0 Å². The fraction of sp³-hybridized carbons (Fsp3) is 0.304. The van der Waals surface area contributed by atoms with E-state index >= 15 is 0 Å². The summed E-state index contributed by atoms with van der Waals surface area (Å²) < 4.78 is 0.933. The number of amidine groups is 1. The van der Waals surface area contributed by atoms with E-state index in [0.717, 1.165) is 34.3 Å². The number of hydrogen-bond donors (Lipinski definition) is 1. The van der Waals surface area contributed by atoms with Crippen LogP contribution in [0.3, 0.4) is 0 Å². The van der Waals surface area contributed by atoms with Gasteiger partial charge in [0.2, 0.25) is 0 Å². The first kappa shape index (κ1) is 21.1. The van der Waals surface area contributed by atoms with Crippen molar-refractivity contribution < 1.29 is 0 Å². The number of nitrogens with one attached hydrogen (secondary N) is 1. The summed E-state index contributed by atoms with van der Waals surface area (Å²) in [5.41, 5.74) is 7.03. The van der Waals surface area contributed by atoms with Crippen molar-refractivity contribution in [1.29, 1.82) is 5.41 Å². The maximum absolute atomic E-state index is 8.23. The number of para-hydroxylation sites is 1. The van der Waals surface area contributed by atoms with Gasteiger partial charge in [-0.1, -0.05) is 43.3 Å². The standard InChI is InChI=1S/C23H28BrN3/c1-6-19(23(25)26-7-2)22(24)20-10-8-9-11-21(20)27(5)15-18-13-12-16(3)17(4)14-18/h7-14,25H,6,15H2,1-5H3/b22-19-,25-23?,26-7?. The van der Waals surface area contributed by atoms with Gasteiger partial charge in [-0.2, -0.15) is 0 Å². The van der Waals surface area contributed by atoms with Crippen molar-refractivity contribution in [3.8, 4) is 0 Å². The summed E-state index contributed by atoms with van der Waals surface area (Å²) in [5.74, 6) is 0.304. The monoisotopic (exact) mass is 425 g/mol. The molecule has 0 aliphatic heterocycles. The molecule has 142 valence electrons.